The summed E-state index contributed by atoms with van der Waals surface area (Å²) >= 11 is 0. The molecule has 1 aromatic carbocycles. The lowest BCUT2D eigenvalue weighted by atomic mass is 10.0. The molecule has 86 valence electrons. The van der Waals surface area contributed by atoms with Crippen molar-refractivity contribution in [3.8, 4) is 5.75 Å². The Labute approximate surface area is 95.5 Å². The molecular formula is C13H18N2O. The zero-order valence-corrected chi connectivity index (χ0v) is 9.99. The minimum absolute atomic E-state index is 0.315. The molecule has 0 bridgehead atoms. The fraction of sp³-hybridized carbons (Fsp3) is 0.385. The first-order valence-electron chi connectivity index (χ1n) is 5.55. The number of hydrogen-bond donors (Lipinski definition) is 2. The van der Waals surface area contributed by atoms with Crippen molar-refractivity contribution in [3.05, 3.63) is 30.0 Å². The van der Waals surface area contributed by atoms with E-state index in [0.29, 0.717) is 5.75 Å². The average molecular weight is 218 g/mol. The van der Waals surface area contributed by atoms with Crippen LogP contribution in [0.4, 0.5) is 0 Å². The molecule has 2 aromatic rings. The maximum absolute atomic E-state index is 9.82. The smallest absolute Gasteiger partial charge is 0.124 e. The molecule has 0 fully saturated rings. The van der Waals surface area contributed by atoms with Gasteiger partial charge in [0.05, 0.1) is 11.1 Å². The summed E-state index contributed by atoms with van der Waals surface area (Å²) in [4.78, 5) is 0. The molecule has 0 unspecified atom stereocenters. The fourth-order valence-corrected chi connectivity index (χ4v) is 2.14. The fourth-order valence-electron chi connectivity index (χ4n) is 2.14. The zero-order valence-electron chi connectivity index (χ0n) is 9.99. The number of rotatable bonds is 2. The molecule has 0 amide bonds. The van der Waals surface area contributed by atoms with Gasteiger partial charge in [0, 0.05) is 17.6 Å². The van der Waals surface area contributed by atoms with Crippen LogP contribution in [0.3, 0.4) is 0 Å². The predicted molar refractivity (Wildman–Crippen MR) is 66.5 cm³/mol. The van der Waals surface area contributed by atoms with Gasteiger partial charge >= 0.3 is 0 Å². The van der Waals surface area contributed by atoms with E-state index >= 15 is 0 Å². The van der Waals surface area contributed by atoms with Crippen molar-refractivity contribution in [1.29, 1.82) is 0 Å². The summed E-state index contributed by atoms with van der Waals surface area (Å²) in [7, 11) is 0. The van der Waals surface area contributed by atoms with E-state index in [4.69, 9.17) is 5.73 Å². The number of phenols is 1. The molecule has 0 aliphatic carbocycles. The van der Waals surface area contributed by atoms with Gasteiger partial charge in [0.25, 0.3) is 0 Å². The van der Waals surface area contributed by atoms with Gasteiger partial charge in [-0.3, -0.25) is 0 Å². The summed E-state index contributed by atoms with van der Waals surface area (Å²) in [5.41, 5.74) is 7.83. The summed E-state index contributed by atoms with van der Waals surface area (Å²) in [5, 5.41) is 10.7. The molecule has 1 heterocycles. The van der Waals surface area contributed by atoms with Crippen LogP contribution in [0.1, 0.15) is 26.5 Å². The topological polar surface area (TPSA) is 51.2 Å². The second-order valence-electron chi connectivity index (χ2n) is 4.71. The number of hydrogen-bond acceptors (Lipinski definition) is 2. The van der Waals surface area contributed by atoms with Crippen LogP contribution in [0.25, 0.3) is 10.9 Å². The molecule has 0 saturated carbocycles. The van der Waals surface area contributed by atoms with Crippen molar-refractivity contribution >= 4 is 10.9 Å². The van der Waals surface area contributed by atoms with Gasteiger partial charge in [-0.05, 0) is 39.0 Å². The Hall–Kier alpha value is -1.48. The Morgan fingerprint density at radius 1 is 1.38 bits per heavy atom. The van der Waals surface area contributed by atoms with Gasteiger partial charge in [-0.15, -0.1) is 0 Å². The number of benzene rings is 1. The maximum Gasteiger partial charge on any atom is 0.124 e. The standard InChI is InChI=1S/C13H18N2O/c1-4-15-10-6-5-7-11(16)9(10)8-12(15)13(2,3)14/h5-8,16H,4,14H2,1-3H3. The number of nitrogens with two attached hydrogens (primary N) is 1. The van der Waals surface area contributed by atoms with Crippen molar-refractivity contribution in [2.45, 2.75) is 32.9 Å². The van der Waals surface area contributed by atoms with Crippen LogP contribution < -0.4 is 5.73 Å². The van der Waals surface area contributed by atoms with Crippen LogP contribution in [-0.4, -0.2) is 9.67 Å². The monoisotopic (exact) mass is 218 g/mol. The van der Waals surface area contributed by atoms with Gasteiger partial charge in [0.15, 0.2) is 0 Å². The van der Waals surface area contributed by atoms with E-state index in [9.17, 15) is 5.11 Å². The normalized spacial score (nSPS) is 12.2. The molecule has 3 N–H and O–H groups in total. The van der Waals surface area contributed by atoms with Gasteiger partial charge in [-0.1, -0.05) is 6.07 Å². The Morgan fingerprint density at radius 2 is 2.06 bits per heavy atom. The minimum atomic E-state index is -0.401. The lowest BCUT2D eigenvalue weighted by molar-refractivity contribution is 0.481. The lowest BCUT2D eigenvalue weighted by Gasteiger charge is -2.21. The van der Waals surface area contributed by atoms with Crippen LogP contribution in [0.2, 0.25) is 0 Å². The molecule has 16 heavy (non-hydrogen) atoms. The van der Waals surface area contributed by atoms with Gasteiger partial charge in [-0.2, -0.15) is 0 Å². The van der Waals surface area contributed by atoms with E-state index in [-0.39, 0.29) is 0 Å². The highest BCUT2D eigenvalue weighted by Crippen LogP contribution is 2.31. The number of aromatic nitrogens is 1. The summed E-state index contributed by atoms with van der Waals surface area (Å²) in [6.07, 6.45) is 0. The van der Waals surface area contributed by atoms with Gasteiger partial charge in [0.2, 0.25) is 0 Å². The number of phenolic OH excluding ortho intramolecular Hbond substituents is 1. The third kappa shape index (κ3) is 1.57. The Bertz CT molecular complexity index is 520. The number of fused-ring (bicyclic) bond motifs is 1. The van der Waals surface area contributed by atoms with Crippen LogP contribution in [0.15, 0.2) is 24.3 Å². The summed E-state index contributed by atoms with van der Waals surface area (Å²) in [6, 6.07) is 7.55. The molecule has 0 spiro atoms. The molecular weight excluding hydrogens is 200 g/mol. The molecule has 3 nitrogen and oxygen atoms in total. The number of nitrogens with zero attached hydrogens (tertiary/aromatic N) is 1. The molecule has 3 heteroatoms. The van der Waals surface area contributed by atoms with Crippen molar-refractivity contribution in [1.82, 2.24) is 4.57 Å². The Balaban J connectivity index is 2.81. The summed E-state index contributed by atoms with van der Waals surface area (Å²) in [6.45, 7) is 6.89. The third-order valence-corrected chi connectivity index (χ3v) is 2.90. The highest BCUT2D eigenvalue weighted by Gasteiger charge is 2.21. The van der Waals surface area contributed by atoms with E-state index < -0.39 is 5.54 Å². The molecule has 0 aliphatic rings. The first-order valence-corrected chi connectivity index (χ1v) is 5.55. The Kier molecular flexibility index (Phi) is 2.43. The largest absolute Gasteiger partial charge is 0.507 e. The van der Waals surface area contributed by atoms with Gasteiger partial charge < -0.3 is 15.4 Å². The molecule has 0 atom stereocenters. The van der Waals surface area contributed by atoms with Crippen molar-refractivity contribution in [2.75, 3.05) is 0 Å². The first-order chi connectivity index (χ1) is 7.45. The van der Waals surface area contributed by atoms with E-state index in [1.165, 1.54) is 0 Å². The number of aryl methyl sites for hydroxylation is 1. The quantitative estimate of drug-likeness (QED) is 0.814. The summed E-state index contributed by atoms with van der Waals surface area (Å²) in [5.74, 6) is 0.315. The van der Waals surface area contributed by atoms with Crippen LogP contribution in [-0.2, 0) is 12.1 Å². The van der Waals surface area contributed by atoms with E-state index in [2.05, 4.69) is 11.5 Å². The van der Waals surface area contributed by atoms with Crippen molar-refractivity contribution in [3.63, 3.8) is 0 Å². The second-order valence-corrected chi connectivity index (χ2v) is 4.71. The molecule has 0 radical (unpaired) electrons. The predicted octanol–water partition coefficient (Wildman–Crippen LogP) is 2.56. The number of aromatic hydroxyl groups is 1. The average Bonchev–Trinajstić information content (AvgIpc) is 2.57. The highest BCUT2D eigenvalue weighted by molar-refractivity contribution is 5.87. The molecule has 0 saturated heterocycles. The maximum atomic E-state index is 9.82. The van der Waals surface area contributed by atoms with Gasteiger partial charge in [0.1, 0.15) is 5.75 Å². The van der Waals surface area contributed by atoms with Crippen LogP contribution >= 0.6 is 0 Å². The first kappa shape index (κ1) is 11.0. The second kappa shape index (κ2) is 3.52. The van der Waals surface area contributed by atoms with Crippen LogP contribution in [0, 0.1) is 0 Å². The minimum Gasteiger partial charge on any atom is -0.507 e. The SMILES string of the molecule is CCn1c(C(C)(C)N)cc2c(O)cccc21. The lowest BCUT2D eigenvalue weighted by Crippen LogP contribution is -2.31. The third-order valence-electron chi connectivity index (χ3n) is 2.90. The molecule has 2 rings (SSSR count). The van der Waals surface area contributed by atoms with Crippen molar-refractivity contribution < 1.29 is 5.11 Å². The Morgan fingerprint density at radius 3 is 2.62 bits per heavy atom. The van der Waals surface area contributed by atoms with Gasteiger partial charge in [-0.25, -0.2) is 0 Å². The van der Waals surface area contributed by atoms with E-state index in [1.807, 2.05) is 32.0 Å². The van der Waals surface area contributed by atoms with Crippen LogP contribution in [0.5, 0.6) is 5.75 Å². The summed E-state index contributed by atoms with van der Waals surface area (Å²) < 4.78 is 2.15. The molecule has 0 aliphatic heterocycles. The van der Waals surface area contributed by atoms with E-state index in [1.54, 1.807) is 6.07 Å². The highest BCUT2D eigenvalue weighted by atomic mass is 16.3. The molecule has 1 aromatic heterocycles. The van der Waals surface area contributed by atoms with Crippen molar-refractivity contribution in [2.24, 2.45) is 5.73 Å². The van der Waals surface area contributed by atoms with E-state index in [0.717, 1.165) is 23.1 Å². The zero-order chi connectivity index (χ0) is 11.9.